The Morgan fingerprint density at radius 2 is 2.20 bits per heavy atom. The van der Waals surface area contributed by atoms with Gasteiger partial charge in [0.15, 0.2) is 4.98 Å². The molecule has 0 amide bonds. The predicted octanol–water partition coefficient (Wildman–Crippen LogP) is 0.425. The maximum absolute atomic E-state index is 11.7. The molecular weight excluding hydrogens is 196 g/mol. The highest BCUT2D eigenvalue weighted by Crippen LogP contribution is 2.42. The lowest BCUT2D eigenvalue weighted by Gasteiger charge is -2.32. The lowest BCUT2D eigenvalue weighted by Crippen LogP contribution is -2.32. The van der Waals surface area contributed by atoms with Crippen LogP contribution in [0, 0.1) is 17.2 Å². The fourth-order valence-electron chi connectivity index (χ4n) is 2.52. The summed E-state index contributed by atoms with van der Waals surface area (Å²) in [6, 6.07) is 0. The largest absolute Gasteiger partial charge is 0.870 e. The first-order valence-electron chi connectivity index (χ1n) is 5.02. The molecule has 80 valence electrons. The molecule has 2 aliphatic rings. The van der Waals surface area contributed by atoms with Crippen LogP contribution in [0.1, 0.15) is 19.3 Å². The van der Waals surface area contributed by atoms with E-state index in [-0.39, 0.29) is 35.2 Å². The fraction of sp³-hybridized carbons (Fsp3) is 0.700. The Bertz CT molecular complexity index is 369. The zero-order chi connectivity index (χ0) is 11.0. The minimum Gasteiger partial charge on any atom is -0.870 e. The summed E-state index contributed by atoms with van der Waals surface area (Å²) < 4.78 is 5.19. The number of allylic oxidation sites excluding steroid dienone is 2. The number of hydrogen-bond donors (Lipinski definition) is 0. The second kappa shape index (κ2) is 3.63. The summed E-state index contributed by atoms with van der Waals surface area (Å²) in [5, 5.41) is 20.3. The maximum atomic E-state index is 11.7. The Hall–Kier alpha value is -1.41. The number of nitrogens with zero attached hydrogens (tertiary/aromatic N) is 2. The van der Waals surface area contributed by atoms with Crippen LogP contribution in [0.4, 0.5) is 0 Å². The highest BCUT2D eigenvalue weighted by atomic mass is 16.5. The topological polar surface area (TPSA) is 77.5 Å². The number of diazo groups is 1. The molecule has 2 aliphatic carbocycles. The highest BCUT2D eigenvalue weighted by molar-refractivity contribution is 6.02. The number of ether oxygens (including phenoxy) is 1. The first kappa shape index (κ1) is 10.1. The molecule has 0 spiro atoms. The SMILES string of the molecule is COC1CCC2C(=O)C([N+]#N)=C([O-])C2C1. The summed E-state index contributed by atoms with van der Waals surface area (Å²) in [5.41, 5.74) is -0.276. The van der Waals surface area contributed by atoms with Gasteiger partial charge in [-0.15, -0.1) is 0 Å². The molecule has 1 saturated carbocycles. The molecule has 15 heavy (non-hydrogen) atoms. The Morgan fingerprint density at radius 3 is 2.80 bits per heavy atom. The molecule has 0 saturated heterocycles. The minimum absolute atomic E-state index is 0.0426. The third kappa shape index (κ3) is 1.41. The highest BCUT2D eigenvalue weighted by Gasteiger charge is 2.48. The van der Waals surface area contributed by atoms with E-state index in [0.29, 0.717) is 12.8 Å². The van der Waals surface area contributed by atoms with E-state index in [2.05, 4.69) is 4.98 Å². The monoisotopic (exact) mass is 208 g/mol. The molecular formula is C10H12N2O3. The molecule has 0 radical (unpaired) electrons. The van der Waals surface area contributed by atoms with Gasteiger partial charge in [-0.05, 0) is 30.9 Å². The van der Waals surface area contributed by atoms with E-state index < -0.39 is 0 Å². The van der Waals surface area contributed by atoms with Crippen LogP contribution in [-0.2, 0) is 9.53 Å². The number of carbonyl (C=O) groups excluding carboxylic acids is 1. The van der Waals surface area contributed by atoms with Gasteiger partial charge >= 0.3 is 5.70 Å². The first-order valence-corrected chi connectivity index (χ1v) is 5.02. The summed E-state index contributed by atoms with van der Waals surface area (Å²) >= 11 is 0. The molecule has 0 aliphatic heterocycles. The van der Waals surface area contributed by atoms with Crippen molar-refractivity contribution in [2.45, 2.75) is 25.4 Å². The number of carbonyl (C=O) groups is 1. The second-order valence-electron chi connectivity index (χ2n) is 4.06. The fourth-order valence-corrected chi connectivity index (χ4v) is 2.52. The van der Waals surface area contributed by atoms with Crippen molar-refractivity contribution >= 4 is 5.78 Å². The van der Waals surface area contributed by atoms with Gasteiger partial charge in [0, 0.05) is 13.0 Å². The predicted molar refractivity (Wildman–Crippen MR) is 48.7 cm³/mol. The zero-order valence-corrected chi connectivity index (χ0v) is 8.47. The average molecular weight is 208 g/mol. The molecule has 3 unspecified atom stereocenters. The lowest BCUT2D eigenvalue weighted by atomic mass is 9.79. The molecule has 0 N–H and O–H groups in total. The first-order chi connectivity index (χ1) is 7.19. The smallest absolute Gasteiger partial charge is 0.416 e. The van der Waals surface area contributed by atoms with Crippen molar-refractivity contribution in [3.63, 3.8) is 0 Å². The number of rotatable bonds is 1. The van der Waals surface area contributed by atoms with Crippen LogP contribution in [0.3, 0.4) is 0 Å². The van der Waals surface area contributed by atoms with Gasteiger partial charge in [0.05, 0.1) is 6.10 Å². The van der Waals surface area contributed by atoms with Gasteiger partial charge in [0.1, 0.15) is 0 Å². The van der Waals surface area contributed by atoms with Crippen molar-refractivity contribution in [1.29, 1.82) is 5.39 Å². The summed E-state index contributed by atoms with van der Waals surface area (Å²) in [7, 11) is 1.60. The molecule has 0 aromatic rings. The van der Waals surface area contributed by atoms with E-state index in [4.69, 9.17) is 10.1 Å². The van der Waals surface area contributed by atoms with Crippen molar-refractivity contribution in [3.05, 3.63) is 16.4 Å². The van der Waals surface area contributed by atoms with Gasteiger partial charge in [-0.25, -0.2) is 0 Å². The van der Waals surface area contributed by atoms with Crippen molar-refractivity contribution in [3.8, 4) is 0 Å². The van der Waals surface area contributed by atoms with Crippen LogP contribution >= 0.6 is 0 Å². The standard InChI is InChI=1S/C10H12N2O3/c1-15-5-2-3-6-7(4-5)10(14)8(12-11)9(6)13/h5-7H,2-4H2,1H3. The van der Waals surface area contributed by atoms with Crippen molar-refractivity contribution in [2.24, 2.45) is 11.8 Å². The van der Waals surface area contributed by atoms with Gasteiger partial charge in [0.2, 0.25) is 5.39 Å². The number of methoxy groups -OCH3 is 1. The molecule has 2 rings (SSSR count). The van der Waals surface area contributed by atoms with E-state index in [1.165, 1.54) is 0 Å². The molecule has 3 atom stereocenters. The molecule has 5 nitrogen and oxygen atoms in total. The number of fused-ring (bicyclic) bond motifs is 1. The van der Waals surface area contributed by atoms with Crippen molar-refractivity contribution in [2.75, 3.05) is 7.11 Å². The second-order valence-corrected chi connectivity index (χ2v) is 4.06. The molecule has 5 heteroatoms. The van der Waals surface area contributed by atoms with E-state index in [1.807, 2.05) is 0 Å². The van der Waals surface area contributed by atoms with Crippen LogP contribution in [0.25, 0.3) is 4.98 Å². The third-order valence-electron chi connectivity index (χ3n) is 3.38. The summed E-state index contributed by atoms with van der Waals surface area (Å²) in [6.45, 7) is 0. The van der Waals surface area contributed by atoms with Gasteiger partial charge in [-0.1, -0.05) is 0 Å². The Balaban J connectivity index is 2.25. The van der Waals surface area contributed by atoms with E-state index >= 15 is 0 Å². The Labute approximate surface area is 87.4 Å². The van der Waals surface area contributed by atoms with E-state index in [0.717, 1.165) is 6.42 Å². The van der Waals surface area contributed by atoms with Crippen molar-refractivity contribution < 1.29 is 14.6 Å². The quantitative estimate of drug-likeness (QED) is 0.585. The molecule has 1 fully saturated rings. The van der Waals surface area contributed by atoms with Crippen LogP contribution in [-0.4, -0.2) is 19.0 Å². The van der Waals surface area contributed by atoms with E-state index in [1.54, 1.807) is 7.11 Å². The van der Waals surface area contributed by atoms with Gasteiger partial charge in [-0.3, -0.25) is 4.79 Å². The van der Waals surface area contributed by atoms with Crippen LogP contribution in [0.5, 0.6) is 0 Å². The molecule has 0 bridgehead atoms. The molecule has 0 aromatic carbocycles. The van der Waals surface area contributed by atoms with Crippen LogP contribution < -0.4 is 5.11 Å². The number of Topliss-reactive ketones (excluding diaryl/α,β-unsaturated/α-hetero) is 1. The van der Waals surface area contributed by atoms with Crippen LogP contribution in [0.2, 0.25) is 0 Å². The normalized spacial score (nSPS) is 35.2. The summed E-state index contributed by atoms with van der Waals surface area (Å²) in [5.74, 6) is -1.24. The summed E-state index contributed by atoms with van der Waals surface area (Å²) in [6.07, 6.45) is 2.04. The zero-order valence-electron chi connectivity index (χ0n) is 8.47. The molecule has 0 heterocycles. The third-order valence-corrected chi connectivity index (χ3v) is 3.38. The van der Waals surface area contributed by atoms with Gasteiger partial charge in [-0.2, -0.15) is 0 Å². The number of hydrogen-bond acceptors (Lipinski definition) is 4. The lowest BCUT2D eigenvalue weighted by molar-refractivity contribution is -0.318. The number of ketones is 1. The Kier molecular flexibility index (Phi) is 2.45. The Morgan fingerprint density at radius 1 is 1.47 bits per heavy atom. The van der Waals surface area contributed by atoms with Crippen molar-refractivity contribution in [1.82, 2.24) is 0 Å². The maximum Gasteiger partial charge on any atom is 0.416 e. The average Bonchev–Trinajstić information content (AvgIpc) is 2.51. The molecule has 0 aromatic heterocycles. The minimum atomic E-state index is -0.331. The van der Waals surface area contributed by atoms with Crippen LogP contribution in [0.15, 0.2) is 11.5 Å². The van der Waals surface area contributed by atoms with Gasteiger partial charge in [0.25, 0.3) is 5.78 Å². The summed E-state index contributed by atoms with van der Waals surface area (Å²) in [4.78, 5) is 14.4. The van der Waals surface area contributed by atoms with Gasteiger partial charge < -0.3 is 9.84 Å². The van der Waals surface area contributed by atoms with E-state index in [9.17, 15) is 9.90 Å².